The highest BCUT2D eigenvalue weighted by Gasteiger charge is 2.17. The van der Waals surface area contributed by atoms with Crippen LogP contribution >= 0.6 is 58.7 Å². The Labute approximate surface area is 206 Å². The molecule has 1 amide bonds. The predicted molar refractivity (Wildman–Crippen MR) is 138 cm³/mol. The summed E-state index contributed by atoms with van der Waals surface area (Å²) < 4.78 is 4.19. The number of carbonyl (C=O) groups excluding carboxylic acids is 1. The average molecular weight is 521 g/mol. The molecule has 0 unspecified atom stereocenters. The smallest absolute Gasteiger partial charge is 0.273 e. The second kappa shape index (κ2) is 9.80. The van der Waals surface area contributed by atoms with Gasteiger partial charge in [0.05, 0.1) is 5.75 Å². The Kier molecular flexibility index (Phi) is 7.06. The van der Waals surface area contributed by atoms with E-state index in [1.165, 1.54) is 27.7 Å². The number of hydrogen-bond acceptors (Lipinski definition) is 7. The Morgan fingerprint density at radius 2 is 2.00 bits per heavy atom. The topological polar surface area (TPSA) is 68.9 Å². The summed E-state index contributed by atoms with van der Waals surface area (Å²) >= 11 is 15.5. The maximum Gasteiger partial charge on any atom is 0.273 e. The average Bonchev–Trinajstić information content (AvgIpc) is 3.12. The molecular formula is C21H17ClN4O2S4. The Balaban J connectivity index is 1.62. The van der Waals surface area contributed by atoms with Gasteiger partial charge >= 0.3 is 0 Å². The summed E-state index contributed by atoms with van der Waals surface area (Å²) in [5.74, 6) is -0.0661. The number of amides is 1. The van der Waals surface area contributed by atoms with Crippen LogP contribution in [-0.4, -0.2) is 32.0 Å². The van der Waals surface area contributed by atoms with Crippen molar-refractivity contribution in [2.24, 2.45) is 7.05 Å². The van der Waals surface area contributed by atoms with Crippen molar-refractivity contribution < 1.29 is 4.79 Å². The number of anilines is 1. The molecule has 2 aromatic heterocycles. The number of nitrogens with zero attached hydrogens (tertiary/aromatic N) is 3. The number of halogens is 1. The van der Waals surface area contributed by atoms with Gasteiger partial charge in [-0.1, -0.05) is 40.8 Å². The molecule has 11 heteroatoms. The number of fused-ring (bicyclic) bond motifs is 1. The molecule has 0 spiro atoms. The number of thioether (sulfide) groups is 2. The van der Waals surface area contributed by atoms with E-state index in [0.717, 1.165) is 16.3 Å². The third kappa shape index (κ3) is 4.79. The van der Waals surface area contributed by atoms with E-state index in [0.29, 0.717) is 24.5 Å². The first-order valence-electron chi connectivity index (χ1n) is 9.32. The van der Waals surface area contributed by atoms with Crippen molar-refractivity contribution in [1.82, 2.24) is 14.1 Å². The van der Waals surface area contributed by atoms with Crippen molar-refractivity contribution >= 4 is 80.6 Å². The standard InChI is InChI=1S/C21H17ClN4O2S4/c1-25-19(28)17-18(26(21(29)32-17)14-8-6-12(22)7-9-14)24-20(25)31-11-16(27)23-13-4-3-5-15(10-13)30-2/h3-10H,11H2,1-2H3,(H,23,27). The Bertz CT molecular complexity index is 1430. The van der Waals surface area contributed by atoms with Crippen LogP contribution in [0.5, 0.6) is 0 Å². The summed E-state index contributed by atoms with van der Waals surface area (Å²) in [5.41, 5.74) is 1.78. The lowest BCUT2D eigenvalue weighted by molar-refractivity contribution is -0.113. The first-order chi connectivity index (χ1) is 15.4. The van der Waals surface area contributed by atoms with E-state index in [1.807, 2.05) is 42.7 Å². The van der Waals surface area contributed by atoms with Crippen LogP contribution in [0, 0.1) is 3.95 Å². The highest BCUT2D eigenvalue weighted by atomic mass is 35.5. The molecular weight excluding hydrogens is 504 g/mol. The molecule has 0 saturated heterocycles. The molecule has 32 heavy (non-hydrogen) atoms. The van der Waals surface area contributed by atoms with Gasteiger partial charge < -0.3 is 5.32 Å². The molecule has 164 valence electrons. The van der Waals surface area contributed by atoms with Gasteiger partial charge in [-0.05, 0) is 60.9 Å². The van der Waals surface area contributed by atoms with E-state index in [-0.39, 0.29) is 17.2 Å². The molecule has 0 aliphatic heterocycles. The quantitative estimate of drug-likeness (QED) is 0.202. The second-order valence-corrected chi connectivity index (χ2v) is 10.6. The van der Waals surface area contributed by atoms with Crippen molar-refractivity contribution in [2.75, 3.05) is 17.3 Å². The normalized spacial score (nSPS) is 11.1. The van der Waals surface area contributed by atoms with Gasteiger partial charge in [-0.3, -0.25) is 18.7 Å². The molecule has 0 aliphatic carbocycles. The molecule has 0 radical (unpaired) electrons. The lowest BCUT2D eigenvalue weighted by Gasteiger charge is -2.10. The summed E-state index contributed by atoms with van der Waals surface area (Å²) in [4.78, 5) is 31.2. The van der Waals surface area contributed by atoms with Crippen molar-refractivity contribution in [1.29, 1.82) is 0 Å². The van der Waals surface area contributed by atoms with E-state index in [1.54, 1.807) is 35.5 Å². The minimum atomic E-state index is -0.200. The molecule has 6 nitrogen and oxygen atoms in total. The Morgan fingerprint density at radius 1 is 1.25 bits per heavy atom. The second-order valence-electron chi connectivity index (χ2n) is 6.66. The Hall–Kier alpha value is -2.11. The minimum absolute atomic E-state index is 0.112. The molecule has 4 aromatic rings. The van der Waals surface area contributed by atoms with Crippen molar-refractivity contribution in [3.63, 3.8) is 0 Å². The number of hydrogen-bond donors (Lipinski definition) is 1. The fraction of sp³-hybridized carbons (Fsp3) is 0.143. The summed E-state index contributed by atoms with van der Waals surface area (Å²) in [7, 11) is 1.65. The van der Waals surface area contributed by atoms with Crippen molar-refractivity contribution in [3.05, 3.63) is 67.9 Å². The van der Waals surface area contributed by atoms with Crippen LogP contribution in [0.4, 0.5) is 5.69 Å². The summed E-state index contributed by atoms with van der Waals surface area (Å²) in [6.45, 7) is 0. The number of carbonyl (C=O) groups is 1. The third-order valence-corrected chi connectivity index (χ3v) is 7.90. The van der Waals surface area contributed by atoms with Crippen molar-refractivity contribution in [3.8, 4) is 5.69 Å². The molecule has 2 heterocycles. The molecule has 0 fully saturated rings. The molecule has 1 N–H and O–H groups in total. The fourth-order valence-corrected chi connectivity index (χ4v) is 5.68. The van der Waals surface area contributed by atoms with Gasteiger partial charge in [-0.15, -0.1) is 11.8 Å². The van der Waals surface area contributed by atoms with Crippen LogP contribution < -0.4 is 10.9 Å². The van der Waals surface area contributed by atoms with Crippen molar-refractivity contribution in [2.45, 2.75) is 10.1 Å². The van der Waals surface area contributed by atoms with Gasteiger partial charge in [0.15, 0.2) is 14.8 Å². The lowest BCUT2D eigenvalue weighted by atomic mass is 10.3. The van der Waals surface area contributed by atoms with Gasteiger partial charge in [-0.25, -0.2) is 4.98 Å². The zero-order chi connectivity index (χ0) is 22.8. The van der Waals surface area contributed by atoms with Gasteiger partial charge in [0.2, 0.25) is 5.91 Å². The van der Waals surface area contributed by atoms with E-state index < -0.39 is 0 Å². The molecule has 0 aliphatic rings. The predicted octanol–water partition coefficient (Wildman–Crippen LogP) is 5.62. The molecule has 0 bridgehead atoms. The van der Waals surface area contributed by atoms with E-state index >= 15 is 0 Å². The molecule has 0 atom stereocenters. The Morgan fingerprint density at radius 3 is 2.72 bits per heavy atom. The summed E-state index contributed by atoms with van der Waals surface area (Å²) in [6, 6.07) is 14.8. The van der Waals surface area contributed by atoms with Gasteiger partial charge in [0.25, 0.3) is 5.56 Å². The van der Waals surface area contributed by atoms with Crippen LogP contribution in [0.2, 0.25) is 5.02 Å². The van der Waals surface area contributed by atoms with Crippen LogP contribution in [0.3, 0.4) is 0 Å². The molecule has 4 rings (SSSR count). The maximum atomic E-state index is 12.9. The lowest BCUT2D eigenvalue weighted by Crippen LogP contribution is -2.21. The zero-order valence-electron chi connectivity index (χ0n) is 17.0. The van der Waals surface area contributed by atoms with Crippen LogP contribution in [0.15, 0.2) is 63.4 Å². The monoisotopic (exact) mass is 520 g/mol. The number of thiazole rings is 1. The molecule has 0 saturated carbocycles. The largest absolute Gasteiger partial charge is 0.325 e. The minimum Gasteiger partial charge on any atom is -0.325 e. The highest BCUT2D eigenvalue weighted by molar-refractivity contribution is 7.99. The number of rotatable bonds is 6. The van der Waals surface area contributed by atoms with E-state index in [4.69, 9.17) is 23.8 Å². The van der Waals surface area contributed by atoms with Crippen LogP contribution in [-0.2, 0) is 11.8 Å². The van der Waals surface area contributed by atoms with Crippen LogP contribution in [0.25, 0.3) is 16.0 Å². The first-order valence-corrected chi connectivity index (χ1v) is 13.1. The zero-order valence-corrected chi connectivity index (χ0v) is 21.0. The maximum absolute atomic E-state index is 12.9. The SMILES string of the molecule is CSc1cccc(NC(=O)CSc2nc3c(sc(=S)n3-c3ccc(Cl)cc3)c(=O)n2C)c1. The van der Waals surface area contributed by atoms with E-state index in [2.05, 4.69) is 10.3 Å². The highest BCUT2D eigenvalue weighted by Crippen LogP contribution is 2.26. The van der Waals surface area contributed by atoms with Gasteiger partial charge in [0, 0.05) is 28.3 Å². The number of benzene rings is 2. The van der Waals surface area contributed by atoms with Gasteiger partial charge in [-0.2, -0.15) is 0 Å². The third-order valence-electron chi connectivity index (χ3n) is 4.54. The van der Waals surface area contributed by atoms with Crippen LogP contribution in [0.1, 0.15) is 0 Å². The van der Waals surface area contributed by atoms with E-state index in [9.17, 15) is 9.59 Å². The number of nitrogens with one attached hydrogen (secondary N) is 1. The number of aromatic nitrogens is 3. The fourth-order valence-electron chi connectivity index (χ4n) is 2.99. The first kappa shape index (κ1) is 23.1. The summed E-state index contributed by atoms with van der Waals surface area (Å²) in [5, 5.41) is 3.93. The summed E-state index contributed by atoms with van der Waals surface area (Å²) in [6.07, 6.45) is 1.98. The van der Waals surface area contributed by atoms with Gasteiger partial charge in [0.1, 0.15) is 4.70 Å². The molecule has 2 aromatic carbocycles.